The molecule has 6 nitrogen and oxygen atoms in total. The van der Waals surface area contributed by atoms with E-state index in [-0.39, 0.29) is 11.8 Å². The van der Waals surface area contributed by atoms with Gasteiger partial charge in [-0.15, -0.1) is 0 Å². The van der Waals surface area contributed by atoms with E-state index in [4.69, 9.17) is 9.47 Å². The van der Waals surface area contributed by atoms with E-state index in [0.717, 1.165) is 48.6 Å². The summed E-state index contributed by atoms with van der Waals surface area (Å²) in [4.78, 5) is 30.6. The molecule has 2 aromatic carbocycles. The zero-order chi connectivity index (χ0) is 23.4. The van der Waals surface area contributed by atoms with E-state index >= 15 is 0 Å². The number of nitrogens with zero attached hydrogens (tertiary/aromatic N) is 2. The summed E-state index contributed by atoms with van der Waals surface area (Å²) in [6.45, 7) is 6.65. The summed E-state index contributed by atoms with van der Waals surface area (Å²) in [6, 6.07) is 15.2. The monoisotopic (exact) mass is 448 g/mol. The smallest absolute Gasteiger partial charge is 0.277 e. The molecule has 1 unspecified atom stereocenters. The van der Waals surface area contributed by atoms with E-state index in [1.807, 2.05) is 55.5 Å². The molecule has 4 rings (SSSR count). The number of piperidine rings is 1. The van der Waals surface area contributed by atoms with Crippen molar-refractivity contribution in [2.24, 2.45) is 5.92 Å². The van der Waals surface area contributed by atoms with Crippen molar-refractivity contribution in [2.45, 2.75) is 33.1 Å². The Morgan fingerprint density at radius 1 is 0.970 bits per heavy atom. The van der Waals surface area contributed by atoms with E-state index in [1.54, 1.807) is 7.11 Å². The second kappa shape index (κ2) is 10.1. The molecule has 2 amide bonds. The van der Waals surface area contributed by atoms with Gasteiger partial charge in [-0.1, -0.05) is 31.2 Å². The molecule has 2 aromatic rings. The molecule has 0 N–H and O–H groups in total. The highest BCUT2D eigenvalue weighted by Gasteiger charge is 2.42. The van der Waals surface area contributed by atoms with Crippen molar-refractivity contribution in [1.29, 1.82) is 0 Å². The molecule has 2 heterocycles. The molecular formula is C27H32N2O4. The Hall–Kier alpha value is -3.28. The SMILES string of the molecule is CCOc1ccc(C2=C(N3CCCC(C)C3)C(=O)N(CCc3ccc(OC)cc3)C2=O)cc1. The van der Waals surface area contributed by atoms with Crippen LogP contribution in [0, 0.1) is 5.92 Å². The number of carbonyl (C=O) groups excluding carboxylic acids is 2. The number of likely N-dealkylation sites (tertiary alicyclic amines) is 1. The average molecular weight is 449 g/mol. The van der Waals surface area contributed by atoms with Crippen LogP contribution in [0.2, 0.25) is 0 Å². The number of hydrogen-bond donors (Lipinski definition) is 0. The van der Waals surface area contributed by atoms with Crippen molar-refractivity contribution in [3.63, 3.8) is 0 Å². The van der Waals surface area contributed by atoms with Crippen molar-refractivity contribution in [3.05, 3.63) is 65.4 Å². The fourth-order valence-corrected chi connectivity index (χ4v) is 4.63. The van der Waals surface area contributed by atoms with Crippen LogP contribution in [0.3, 0.4) is 0 Å². The zero-order valence-corrected chi connectivity index (χ0v) is 19.7. The normalized spacial score (nSPS) is 18.8. The quantitative estimate of drug-likeness (QED) is 0.568. The lowest BCUT2D eigenvalue weighted by molar-refractivity contribution is -0.137. The van der Waals surface area contributed by atoms with Gasteiger partial charge in [-0.3, -0.25) is 14.5 Å². The predicted molar refractivity (Wildman–Crippen MR) is 128 cm³/mol. The molecule has 6 heteroatoms. The first kappa shape index (κ1) is 22.9. The molecule has 174 valence electrons. The third-order valence-corrected chi connectivity index (χ3v) is 6.35. The van der Waals surface area contributed by atoms with Gasteiger partial charge >= 0.3 is 0 Å². The highest BCUT2D eigenvalue weighted by atomic mass is 16.5. The van der Waals surface area contributed by atoms with Gasteiger partial charge in [-0.2, -0.15) is 0 Å². The van der Waals surface area contributed by atoms with Crippen LogP contribution in [-0.4, -0.2) is 55.0 Å². The maximum absolute atomic E-state index is 13.6. The van der Waals surface area contributed by atoms with Gasteiger partial charge in [0.25, 0.3) is 11.8 Å². The molecule has 0 bridgehead atoms. The number of imide groups is 1. The van der Waals surface area contributed by atoms with Gasteiger partial charge in [-0.25, -0.2) is 0 Å². The lowest BCUT2D eigenvalue weighted by Crippen LogP contribution is -2.39. The first-order valence-electron chi connectivity index (χ1n) is 11.7. The van der Waals surface area contributed by atoms with Crippen LogP contribution in [0.4, 0.5) is 0 Å². The van der Waals surface area contributed by atoms with Crippen LogP contribution in [0.1, 0.15) is 37.8 Å². The minimum atomic E-state index is -0.217. The van der Waals surface area contributed by atoms with Gasteiger partial charge in [-0.05, 0) is 67.5 Å². The summed E-state index contributed by atoms with van der Waals surface area (Å²) >= 11 is 0. The van der Waals surface area contributed by atoms with Crippen LogP contribution in [0.5, 0.6) is 11.5 Å². The number of carbonyl (C=O) groups is 2. The molecule has 0 aromatic heterocycles. The molecule has 0 aliphatic carbocycles. The van der Waals surface area contributed by atoms with Crippen molar-refractivity contribution >= 4 is 17.4 Å². The molecule has 1 saturated heterocycles. The number of ether oxygens (including phenoxy) is 2. The molecule has 33 heavy (non-hydrogen) atoms. The minimum Gasteiger partial charge on any atom is -0.497 e. The van der Waals surface area contributed by atoms with Crippen LogP contribution in [0.15, 0.2) is 54.2 Å². The standard InChI is InChI=1S/C27H32N2O4/c1-4-33-23-13-9-21(10-14-23)24-25(28-16-5-6-19(2)18-28)27(31)29(26(24)30)17-15-20-7-11-22(32-3)12-8-20/h7-14,19H,4-6,15-18H2,1-3H3. The van der Waals surface area contributed by atoms with E-state index in [1.165, 1.54) is 4.90 Å². The Kier molecular flexibility index (Phi) is 7.02. The zero-order valence-electron chi connectivity index (χ0n) is 19.7. The van der Waals surface area contributed by atoms with Gasteiger partial charge in [0, 0.05) is 19.6 Å². The number of benzene rings is 2. The second-order valence-electron chi connectivity index (χ2n) is 8.73. The van der Waals surface area contributed by atoms with E-state index in [9.17, 15) is 9.59 Å². The van der Waals surface area contributed by atoms with Crippen LogP contribution >= 0.6 is 0 Å². The highest BCUT2D eigenvalue weighted by molar-refractivity contribution is 6.35. The van der Waals surface area contributed by atoms with Gasteiger partial charge < -0.3 is 14.4 Å². The molecule has 0 spiro atoms. The Labute approximate surface area is 195 Å². The molecule has 2 aliphatic heterocycles. The maximum atomic E-state index is 13.6. The van der Waals surface area contributed by atoms with Crippen LogP contribution in [0.25, 0.3) is 5.57 Å². The third-order valence-electron chi connectivity index (χ3n) is 6.35. The van der Waals surface area contributed by atoms with E-state index in [2.05, 4.69) is 11.8 Å². The summed E-state index contributed by atoms with van der Waals surface area (Å²) in [5.74, 6) is 1.62. The number of methoxy groups -OCH3 is 1. The van der Waals surface area contributed by atoms with Crippen molar-refractivity contribution in [2.75, 3.05) is 33.4 Å². The van der Waals surface area contributed by atoms with Crippen molar-refractivity contribution < 1.29 is 19.1 Å². The average Bonchev–Trinajstić information content (AvgIpc) is 3.08. The molecule has 0 radical (unpaired) electrons. The van der Waals surface area contributed by atoms with Gasteiger partial charge in [0.05, 0.1) is 19.3 Å². The summed E-state index contributed by atoms with van der Waals surface area (Å²) in [5.41, 5.74) is 2.87. The van der Waals surface area contributed by atoms with Crippen LogP contribution < -0.4 is 9.47 Å². The summed E-state index contributed by atoms with van der Waals surface area (Å²) in [6.07, 6.45) is 2.77. The molecule has 2 aliphatic rings. The summed E-state index contributed by atoms with van der Waals surface area (Å²) in [7, 11) is 1.63. The highest BCUT2D eigenvalue weighted by Crippen LogP contribution is 2.34. The third kappa shape index (κ3) is 4.90. The van der Waals surface area contributed by atoms with Crippen LogP contribution in [-0.2, 0) is 16.0 Å². The fraction of sp³-hybridized carbons (Fsp3) is 0.407. The first-order chi connectivity index (χ1) is 16.0. The summed E-state index contributed by atoms with van der Waals surface area (Å²) in [5, 5.41) is 0. The fourth-order valence-electron chi connectivity index (χ4n) is 4.63. The largest absolute Gasteiger partial charge is 0.497 e. The Bertz CT molecular complexity index is 1030. The van der Waals surface area contributed by atoms with Crippen molar-refractivity contribution in [3.8, 4) is 11.5 Å². The van der Waals surface area contributed by atoms with Crippen molar-refractivity contribution in [1.82, 2.24) is 9.80 Å². The second-order valence-corrected chi connectivity index (χ2v) is 8.73. The summed E-state index contributed by atoms with van der Waals surface area (Å²) < 4.78 is 10.8. The predicted octanol–water partition coefficient (Wildman–Crippen LogP) is 4.15. The molecular weight excluding hydrogens is 416 g/mol. The molecule has 1 fully saturated rings. The van der Waals surface area contributed by atoms with E-state index in [0.29, 0.717) is 36.8 Å². The first-order valence-corrected chi connectivity index (χ1v) is 11.7. The number of amides is 2. The van der Waals surface area contributed by atoms with Gasteiger partial charge in [0.1, 0.15) is 17.2 Å². The maximum Gasteiger partial charge on any atom is 0.277 e. The number of rotatable bonds is 8. The molecule has 1 atom stereocenters. The topological polar surface area (TPSA) is 59.1 Å². The number of hydrogen-bond acceptors (Lipinski definition) is 5. The Balaban J connectivity index is 1.61. The minimum absolute atomic E-state index is 0.188. The lowest BCUT2D eigenvalue weighted by atomic mass is 9.97. The lowest BCUT2D eigenvalue weighted by Gasteiger charge is -2.33. The Morgan fingerprint density at radius 3 is 2.30 bits per heavy atom. The molecule has 0 saturated carbocycles. The van der Waals surface area contributed by atoms with Gasteiger partial charge in [0.15, 0.2) is 0 Å². The van der Waals surface area contributed by atoms with Gasteiger partial charge in [0.2, 0.25) is 0 Å². The van der Waals surface area contributed by atoms with E-state index < -0.39 is 0 Å². The Morgan fingerprint density at radius 2 is 1.67 bits per heavy atom.